The summed E-state index contributed by atoms with van der Waals surface area (Å²) in [6, 6.07) is 10.3. The van der Waals surface area contributed by atoms with Crippen molar-refractivity contribution in [2.75, 3.05) is 0 Å². The van der Waals surface area contributed by atoms with Gasteiger partial charge in [0.1, 0.15) is 0 Å². The molecule has 0 radical (unpaired) electrons. The maximum absolute atomic E-state index is 9.63. The average molecular weight is 270 g/mol. The second kappa shape index (κ2) is 6.27. The average Bonchev–Trinajstić information content (AvgIpc) is 1.99. The third kappa shape index (κ3) is 11.6. The first-order valence-corrected chi connectivity index (χ1v) is 7.00. The largest absolute Gasteiger partial charge is 0.478 e. The molecular weight excluding hydrogens is 258 g/mol. The molecule has 9 heteroatoms. The lowest BCUT2D eigenvalue weighted by molar-refractivity contribution is 0.225. The molecule has 1 aromatic rings. The molecule has 0 saturated heterocycles. The molecule has 0 amide bonds. The Morgan fingerprint density at radius 2 is 1.31 bits per heavy atom. The van der Waals surface area contributed by atoms with Crippen molar-refractivity contribution in [1.29, 1.82) is 0 Å². The van der Waals surface area contributed by atoms with Crippen LogP contribution in [0.1, 0.15) is 5.56 Å². The van der Waals surface area contributed by atoms with Gasteiger partial charge >= 0.3 is 15.6 Å². The van der Waals surface area contributed by atoms with Crippen LogP contribution in [0, 0.1) is 6.92 Å². The molecule has 0 atom stereocenters. The summed E-state index contributed by atoms with van der Waals surface area (Å²) < 4.78 is 22.2. The zero-order chi connectivity index (χ0) is 12.8. The van der Waals surface area contributed by atoms with Crippen molar-refractivity contribution in [3.05, 3.63) is 35.9 Å². The van der Waals surface area contributed by atoms with Crippen LogP contribution in [0.2, 0.25) is 0 Å². The van der Waals surface area contributed by atoms with Gasteiger partial charge in [-0.2, -0.15) is 4.31 Å². The molecule has 7 nitrogen and oxygen atoms in total. The maximum Gasteiger partial charge on any atom is 0.478 e. The Bertz CT molecular complexity index is 372. The van der Waals surface area contributed by atoms with Gasteiger partial charge in [0, 0.05) is 0 Å². The first-order valence-electron chi connectivity index (χ1n) is 3.94. The number of benzene rings is 1. The van der Waals surface area contributed by atoms with Crippen LogP contribution in [0.5, 0.6) is 0 Å². The van der Waals surface area contributed by atoms with E-state index in [1.54, 1.807) is 0 Å². The minimum atomic E-state index is -5.05. The van der Waals surface area contributed by atoms with Crippen LogP contribution < -0.4 is 0 Å². The van der Waals surface area contributed by atoms with Gasteiger partial charge in [-0.3, -0.25) is 0 Å². The Balaban J connectivity index is 0.000000288. The SMILES string of the molecule is Cc1ccccc1.O=P(O)(O)OP(=O)(O)O. The van der Waals surface area contributed by atoms with E-state index in [4.69, 9.17) is 19.6 Å². The lowest BCUT2D eigenvalue weighted by Crippen LogP contribution is -1.84. The van der Waals surface area contributed by atoms with Crippen molar-refractivity contribution in [2.45, 2.75) is 6.92 Å². The zero-order valence-corrected chi connectivity index (χ0v) is 10.1. The van der Waals surface area contributed by atoms with E-state index in [1.807, 2.05) is 18.2 Å². The van der Waals surface area contributed by atoms with Crippen LogP contribution in [-0.2, 0) is 13.4 Å². The summed E-state index contributed by atoms with van der Waals surface area (Å²) in [4.78, 5) is 31.0. The first kappa shape index (κ1) is 15.5. The fraction of sp³-hybridized carbons (Fsp3) is 0.143. The first-order chi connectivity index (χ1) is 7.10. The maximum atomic E-state index is 9.63. The molecule has 1 aromatic carbocycles. The van der Waals surface area contributed by atoms with Gasteiger partial charge in [0.25, 0.3) is 0 Å². The fourth-order valence-corrected chi connectivity index (χ4v) is 1.78. The van der Waals surface area contributed by atoms with E-state index in [9.17, 15) is 9.13 Å². The molecular formula is C7H12O7P2. The third-order valence-electron chi connectivity index (χ3n) is 1.15. The van der Waals surface area contributed by atoms with E-state index in [-0.39, 0.29) is 0 Å². The van der Waals surface area contributed by atoms with Crippen molar-refractivity contribution in [2.24, 2.45) is 0 Å². The quantitative estimate of drug-likeness (QED) is 0.595. The highest BCUT2D eigenvalue weighted by Gasteiger charge is 2.27. The normalized spacial score (nSPS) is 11.6. The molecule has 0 bridgehead atoms. The topological polar surface area (TPSA) is 124 Å². The van der Waals surface area contributed by atoms with Crippen LogP contribution in [0.25, 0.3) is 0 Å². The Morgan fingerprint density at radius 1 is 0.938 bits per heavy atom. The second-order valence-electron chi connectivity index (χ2n) is 2.72. The molecule has 4 N–H and O–H groups in total. The van der Waals surface area contributed by atoms with Gasteiger partial charge in [-0.15, -0.1) is 0 Å². The van der Waals surface area contributed by atoms with Gasteiger partial charge in [0.15, 0.2) is 0 Å². The number of hydrogen-bond donors (Lipinski definition) is 4. The molecule has 0 aromatic heterocycles. The predicted molar refractivity (Wildman–Crippen MR) is 56.4 cm³/mol. The lowest BCUT2D eigenvalue weighted by Gasteiger charge is -2.03. The molecule has 0 aliphatic heterocycles. The summed E-state index contributed by atoms with van der Waals surface area (Å²) in [5, 5.41) is 0. The number of phosphoric acid groups is 2. The van der Waals surface area contributed by atoms with Gasteiger partial charge in [0.2, 0.25) is 0 Å². The monoisotopic (exact) mass is 270 g/mol. The van der Waals surface area contributed by atoms with Gasteiger partial charge in [0.05, 0.1) is 0 Å². The van der Waals surface area contributed by atoms with Gasteiger partial charge < -0.3 is 19.6 Å². The standard InChI is InChI=1S/C7H8.H4O7P2/c1-7-5-3-2-4-6-7;1-8(2,3)7-9(4,5)6/h2-6H,1H3;(H2,1,2,3)(H2,4,5,6). The van der Waals surface area contributed by atoms with E-state index < -0.39 is 15.6 Å². The van der Waals surface area contributed by atoms with Crippen molar-refractivity contribution >= 4 is 15.6 Å². The van der Waals surface area contributed by atoms with Crippen molar-refractivity contribution in [1.82, 2.24) is 0 Å². The Morgan fingerprint density at radius 3 is 1.44 bits per heavy atom. The highest BCUT2D eigenvalue weighted by molar-refractivity contribution is 7.60. The Labute approximate surface area is 92.2 Å². The van der Waals surface area contributed by atoms with E-state index in [2.05, 4.69) is 23.4 Å². The predicted octanol–water partition coefficient (Wildman–Crippen LogP) is 1.18. The van der Waals surface area contributed by atoms with Crippen LogP contribution in [0.4, 0.5) is 0 Å². The van der Waals surface area contributed by atoms with Crippen LogP contribution in [-0.4, -0.2) is 19.6 Å². The highest BCUT2D eigenvalue weighted by Crippen LogP contribution is 2.53. The number of hydrogen-bond acceptors (Lipinski definition) is 3. The van der Waals surface area contributed by atoms with E-state index in [1.165, 1.54) is 5.56 Å². The van der Waals surface area contributed by atoms with Gasteiger partial charge in [-0.1, -0.05) is 35.9 Å². The minimum absolute atomic E-state index is 1.32. The minimum Gasteiger partial charge on any atom is -0.302 e. The second-order valence-corrected chi connectivity index (χ2v) is 5.33. The summed E-state index contributed by atoms with van der Waals surface area (Å²) in [6.45, 7) is 2.08. The van der Waals surface area contributed by atoms with Crippen LogP contribution in [0.3, 0.4) is 0 Å². The third-order valence-corrected chi connectivity index (χ3v) is 2.85. The molecule has 0 aliphatic rings. The summed E-state index contributed by atoms with van der Waals surface area (Å²) in [5.41, 5.74) is 1.32. The summed E-state index contributed by atoms with van der Waals surface area (Å²) in [7, 11) is -10.1. The summed E-state index contributed by atoms with van der Waals surface area (Å²) in [5.74, 6) is 0. The molecule has 92 valence electrons. The Hall–Kier alpha value is -0.520. The molecule has 0 aliphatic carbocycles. The number of rotatable bonds is 2. The van der Waals surface area contributed by atoms with E-state index in [0.29, 0.717) is 0 Å². The molecule has 0 heterocycles. The molecule has 0 saturated carbocycles. The van der Waals surface area contributed by atoms with Crippen molar-refractivity contribution < 1.29 is 33.0 Å². The number of aryl methyl sites for hydroxylation is 1. The Kier molecular flexibility index (Phi) is 6.07. The molecule has 0 fully saturated rings. The fourth-order valence-electron chi connectivity index (χ4n) is 0.673. The van der Waals surface area contributed by atoms with Gasteiger partial charge in [-0.05, 0) is 6.92 Å². The molecule has 1 rings (SSSR count). The molecule has 0 unspecified atom stereocenters. The zero-order valence-electron chi connectivity index (χ0n) is 8.29. The smallest absolute Gasteiger partial charge is 0.302 e. The lowest BCUT2D eigenvalue weighted by atomic mass is 10.2. The van der Waals surface area contributed by atoms with Crippen LogP contribution in [0.15, 0.2) is 30.3 Å². The van der Waals surface area contributed by atoms with Gasteiger partial charge in [-0.25, -0.2) is 9.13 Å². The molecule has 16 heavy (non-hydrogen) atoms. The van der Waals surface area contributed by atoms with Crippen molar-refractivity contribution in [3.63, 3.8) is 0 Å². The van der Waals surface area contributed by atoms with Crippen LogP contribution >= 0.6 is 15.6 Å². The summed E-state index contributed by atoms with van der Waals surface area (Å²) >= 11 is 0. The van der Waals surface area contributed by atoms with E-state index in [0.717, 1.165) is 0 Å². The molecule has 0 spiro atoms. The van der Waals surface area contributed by atoms with Crippen molar-refractivity contribution in [3.8, 4) is 0 Å². The summed E-state index contributed by atoms with van der Waals surface area (Å²) in [6.07, 6.45) is 0. The van der Waals surface area contributed by atoms with E-state index >= 15 is 0 Å². The highest BCUT2D eigenvalue weighted by atomic mass is 31.3.